The highest BCUT2D eigenvalue weighted by Crippen LogP contribution is 2.34. The van der Waals surface area contributed by atoms with Crippen molar-refractivity contribution < 1.29 is 4.74 Å². The van der Waals surface area contributed by atoms with E-state index < -0.39 is 0 Å². The Bertz CT molecular complexity index is 527. The quantitative estimate of drug-likeness (QED) is 0.626. The smallest absolute Gasteiger partial charge is 0.120 e. The number of hydrogen-bond acceptors (Lipinski definition) is 4. The Morgan fingerprint density at radius 1 is 1.33 bits per heavy atom. The Morgan fingerprint density at radius 3 is 2.83 bits per heavy atom. The summed E-state index contributed by atoms with van der Waals surface area (Å²) in [7, 11) is 0. The first kappa shape index (κ1) is 13.8. The van der Waals surface area contributed by atoms with Gasteiger partial charge in [0.25, 0.3) is 0 Å². The van der Waals surface area contributed by atoms with Gasteiger partial charge in [-0.05, 0) is 53.2 Å². The molecule has 0 spiro atoms. The number of hydrogen-bond donors (Lipinski definition) is 1. The molecule has 0 radical (unpaired) electrons. The Hall–Kier alpha value is -0.650. The topological polar surface area (TPSA) is 35.2 Å². The van der Waals surface area contributed by atoms with Gasteiger partial charge in [-0.25, -0.2) is 0 Å². The molecular formula is C13H14BrNOS2. The van der Waals surface area contributed by atoms with Gasteiger partial charge in [0.2, 0.25) is 0 Å². The molecule has 0 unspecified atom stereocenters. The summed E-state index contributed by atoms with van der Waals surface area (Å²) in [4.78, 5) is 2.40. The predicted molar refractivity (Wildman–Crippen MR) is 83.6 cm³/mol. The number of benzene rings is 1. The van der Waals surface area contributed by atoms with Gasteiger partial charge < -0.3 is 10.5 Å². The lowest BCUT2D eigenvalue weighted by atomic mass is 10.3. The Kier molecular flexibility index (Phi) is 4.97. The van der Waals surface area contributed by atoms with Gasteiger partial charge in [0, 0.05) is 21.2 Å². The Balaban J connectivity index is 2.05. The largest absolute Gasteiger partial charge is 0.494 e. The van der Waals surface area contributed by atoms with Crippen LogP contribution in [0.5, 0.6) is 5.75 Å². The van der Waals surface area contributed by atoms with Crippen LogP contribution in [0.3, 0.4) is 0 Å². The maximum atomic E-state index is 5.97. The van der Waals surface area contributed by atoms with Crippen molar-refractivity contribution in [3.63, 3.8) is 0 Å². The van der Waals surface area contributed by atoms with Crippen molar-refractivity contribution in [2.75, 3.05) is 12.3 Å². The molecule has 1 heterocycles. The predicted octanol–water partition coefficient (Wildman–Crippen LogP) is 4.78. The number of thioether (sulfide) groups is 1. The zero-order valence-corrected chi connectivity index (χ0v) is 13.2. The first-order chi connectivity index (χ1) is 8.69. The van der Waals surface area contributed by atoms with Crippen LogP contribution in [0.2, 0.25) is 0 Å². The van der Waals surface area contributed by atoms with E-state index in [4.69, 9.17) is 10.5 Å². The lowest BCUT2D eigenvalue weighted by molar-refractivity contribution is 0.339. The number of thiophene rings is 1. The van der Waals surface area contributed by atoms with Crippen LogP contribution in [0.4, 0.5) is 5.69 Å². The molecule has 0 aliphatic rings. The van der Waals surface area contributed by atoms with E-state index in [1.54, 1.807) is 23.1 Å². The van der Waals surface area contributed by atoms with E-state index >= 15 is 0 Å². The van der Waals surface area contributed by atoms with Crippen molar-refractivity contribution in [1.29, 1.82) is 0 Å². The molecule has 0 atom stereocenters. The highest BCUT2D eigenvalue weighted by molar-refractivity contribution is 9.11. The van der Waals surface area contributed by atoms with Gasteiger partial charge in [0.1, 0.15) is 5.75 Å². The molecule has 0 saturated carbocycles. The van der Waals surface area contributed by atoms with Gasteiger partial charge in [-0.3, -0.25) is 0 Å². The maximum absolute atomic E-state index is 5.97. The summed E-state index contributed by atoms with van der Waals surface area (Å²) in [6.45, 7) is 2.65. The maximum Gasteiger partial charge on any atom is 0.120 e. The van der Waals surface area contributed by atoms with Gasteiger partial charge in [-0.1, -0.05) is 0 Å². The summed E-state index contributed by atoms with van der Waals surface area (Å²) < 4.78 is 6.65. The van der Waals surface area contributed by atoms with E-state index in [-0.39, 0.29) is 0 Å². The van der Waals surface area contributed by atoms with Gasteiger partial charge in [0.05, 0.1) is 10.4 Å². The number of nitrogens with two attached hydrogens (primary N) is 1. The number of halogens is 1. The average Bonchev–Trinajstić information content (AvgIpc) is 2.76. The van der Waals surface area contributed by atoms with Crippen molar-refractivity contribution in [3.05, 3.63) is 39.0 Å². The second kappa shape index (κ2) is 6.50. The number of anilines is 1. The van der Waals surface area contributed by atoms with Crippen molar-refractivity contribution in [1.82, 2.24) is 0 Å². The lowest BCUT2D eigenvalue weighted by Gasteiger charge is -2.08. The molecule has 0 aliphatic heterocycles. The molecule has 0 aliphatic carbocycles. The number of rotatable bonds is 5. The third-order valence-corrected chi connectivity index (χ3v) is 5.22. The fourth-order valence-electron chi connectivity index (χ4n) is 1.47. The molecule has 1 aromatic carbocycles. The van der Waals surface area contributed by atoms with Crippen LogP contribution < -0.4 is 10.5 Å². The summed E-state index contributed by atoms with van der Waals surface area (Å²) in [5, 5.41) is 0. The summed E-state index contributed by atoms with van der Waals surface area (Å²) in [6, 6.07) is 10.0. The lowest BCUT2D eigenvalue weighted by Crippen LogP contribution is -1.94. The Labute approximate surface area is 124 Å². The van der Waals surface area contributed by atoms with Crippen LogP contribution in [0.15, 0.2) is 39.0 Å². The van der Waals surface area contributed by atoms with Gasteiger partial charge in [-0.15, -0.1) is 23.1 Å². The Morgan fingerprint density at radius 2 is 2.17 bits per heavy atom. The normalized spacial score (nSPS) is 10.6. The number of nitrogen functional groups attached to an aromatic ring is 1. The minimum atomic E-state index is 0.673. The van der Waals surface area contributed by atoms with Crippen LogP contribution in [0.1, 0.15) is 11.8 Å². The zero-order valence-electron chi connectivity index (χ0n) is 9.98. The summed E-state index contributed by atoms with van der Waals surface area (Å²) in [5.74, 6) is 1.80. The molecule has 0 saturated heterocycles. The van der Waals surface area contributed by atoms with Gasteiger partial charge >= 0.3 is 0 Å². The third kappa shape index (κ3) is 3.67. The fourth-order valence-corrected chi connectivity index (χ4v) is 3.99. The molecule has 0 fully saturated rings. The van der Waals surface area contributed by atoms with Crippen molar-refractivity contribution in [3.8, 4) is 5.75 Å². The summed E-state index contributed by atoms with van der Waals surface area (Å²) in [6.07, 6.45) is 0. The van der Waals surface area contributed by atoms with Crippen LogP contribution in [0, 0.1) is 0 Å². The molecule has 96 valence electrons. The highest BCUT2D eigenvalue weighted by atomic mass is 79.9. The first-order valence-electron chi connectivity index (χ1n) is 5.58. The SMILES string of the molecule is CCOc1ccc(N)c(SCc2ccc(Br)s2)c1. The molecule has 2 aromatic rings. The number of ether oxygens (including phenoxy) is 1. The molecule has 2 nitrogen and oxygen atoms in total. The minimum Gasteiger partial charge on any atom is -0.494 e. The zero-order chi connectivity index (χ0) is 13.0. The van der Waals surface area contributed by atoms with Gasteiger partial charge in [-0.2, -0.15) is 0 Å². The van der Waals surface area contributed by atoms with Gasteiger partial charge in [0.15, 0.2) is 0 Å². The standard InChI is InChI=1S/C13H14BrNOS2/c1-2-16-9-3-5-11(15)12(7-9)17-8-10-4-6-13(14)18-10/h3-7H,2,8,15H2,1H3. The van der Waals surface area contributed by atoms with Crippen LogP contribution in [-0.2, 0) is 5.75 Å². The van der Waals surface area contributed by atoms with E-state index in [1.807, 2.05) is 25.1 Å². The second-order valence-corrected chi connectivity index (χ2v) is 7.19. The summed E-state index contributed by atoms with van der Waals surface area (Å²) >= 11 is 6.96. The van der Waals surface area contributed by atoms with E-state index in [1.165, 1.54) is 4.88 Å². The minimum absolute atomic E-state index is 0.673. The van der Waals surface area contributed by atoms with Crippen molar-refractivity contribution in [2.24, 2.45) is 0 Å². The highest BCUT2D eigenvalue weighted by Gasteiger charge is 2.05. The van der Waals surface area contributed by atoms with E-state index in [0.717, 1.165) is 25.9 Å². The third-order valence-electron chi connectivity index (χ3n) is 2.29. The summed E-state index contributed by atoms with van der Waals surface area (Å²) in [5.41, 5.74) is 6.78. The van der Waals surface area contributed by atoms with Crippen molar-refractivity contribution in [2.45, 2.75) is 17.6 Å². The molecule has 0 amide bonds. The van der Waals surface area contributed by atoms with E-state index in [2.05, 4.69) is 28.1 Å². The second-order valence-electron chi connectivity index (χ2n) is 3.63. The van der Waals surface area contributed by atoms with Crippen LogP contribution in [-0.4, -0.2) is 6.61 Å². The van der Waals surface area contributed by atoms with E-state index in [0.29, 0.717) is 6.61 Å². The molecule has 5 heteroatoms. The molecule has 0 bridgehead atoms. The average molecular weight is 344 g/mol. The molecule has 2 rings (SSSR count). The molecule has 18 heavy (non-hydrogen) atoms. The van der Waals surface area contributed by atoms with Crippen molar-refractivity contribution >= 4 is 44.7 Å². The fraction of sp³-hybridized carbons (Fsp3) is 0.231. The molecular weight excluding hydrogens is 330 g/mol. The van der Waals surface area contributed by atoms with Crippen LogP contribution >= 0.6 is 39.0 Å². The van der Waals surface area contributed by atoms with Crippen LogP contribution in [0.25, 0.3) is 0 Å². The molecule has 2 N–H and O–H groups in total. The molecule has 1 aromatic heterocycles. The van der Waals surface area contributed by atoms with E-state index in [9.17, 15) is 0 Å². The monoisotopic (exact) mass is 343 g/mol. The first-order valence-corrected chi connectivity index (χ1v) is 8.18.